The first-order chi connectivity index (χ1) is 16.5. The molecule has 1 spiro atoms. The lowest BCUT2D eigenvalue weighted by atomic mass is 9.88. The van der Waals surface area contributed by atoms with Crippen LogP contribution in [0, 0.1) is 0 Å². The first kappa shape index (κ1) is 21.5. The average molecular weight is 495 g/mol. The Hall–Kier alpha value is -3.04. The maximum absolute atomic E-state index is 13.2. The molecule has 0 radical (unpaired) electrons. The van der Waals surface area contributed by atoms with Crippen LogP contribution in [0.4, 0.5) is 11.6 Å². The van der Waals surface area contributed by atoms with Gasteiger partial charge in [0, 0.05) is 30.4 Å². The van der Waals surface area contributed by atoms with Crippen LogP contribution >= 0.6 is 23.2 Å². The van der Waals surface area contributed by atoms with E-state index in [1.807, 2.05) is 6.07 Å². The van der Waals surface area contributed by atoms with Gasteiger partial charge >= 0.3 is 0 Å². The normalized spacial score (nSPS) is 16.0. The molecule has 1 aliphatic carbocycles. The zero-order chi connectivity index (χ0) is 23.4. The van der Waals surface area contributed by atoms with Crippen molar-refractivity contribution in [2.24, 2.45) is 0 Å². The fourth-order valence-corrected chi connectivity index (χ4v) is 5.25. The van der Waals surface area contributed by atoms with Crippen molar-refractivity contribution >= 4 is 45.7 Å². The Kier molecular flexibility index (Phi) is 5.07. The van der Waals surface area contributed by atoms with Crippen LogP contribution in [0.2, 0.25) is 10.0 Å². The van der Waals surface area contributed by atoms with Gasteiger partial charge in [0.15, 0.2) is 0 Å². The smallest absolute Gasteiger partial charge is 0.282 e. The monoisotopic (exact) mass is 494 g/mol. The summed E-state index contributed by atoms with van der Waals surface area (Å²) < 4.78 is 1.08. The molecule has 4 aromatic rings. The highest BCUT2D eigenvalue weighted by Crippen LogP contribution is 2.50. The van der Waals surface area contributed by atoms with Crippen LogP contribution < -0.4 is 16.2 Å². The first-order valence-electron chi connectivity index (χ1n) is 10.9. The maximum Gasteiger partial charge on any atom is 0.282 e. The molecule has 0 unspecified atom stereocenters. The number of aliphatic hydroxyl groups excluding tert-OH is 1. The van der Waals surface area contributed by atoms with Gasteiger partial charge in [-0.2, -0.15) is 9.78 Å². The van der Waals surface area contributed by atoms with Gasteiger partial charge in [-0.1, -0.05) is 35.3 Å². The SMILES string of the molecule is O=c1c2cnc(Nc3ccc4c(c3)CNCC43CC3)nc2c(CO)nn1-c1c(Cl)cccc1Cl. The van der Waals surface area contributed by atoms with Crippen LogP contribution in [-0.2, 0) is 18.6 Å². The Balaban J connectivity index is 1.40. The number of hydrogen-bond acceptors (Lipinski definition) is 7. The summed E-state index contributed by atoms with van der Waals surface area (Å²) in [5.74, 6) is 0.307. The van der Waals surface area contributed by atoms with Crippen LogP contribution in [0.3, 0.4) is 0 Å². The Labute approximate surface area is 204 Å². The third kappa shape index (κ3) is 3.45. The van der Waals surface area contributed by atoms with E-state index in [0.29, 0.717) is 11.4 Å². The van der Waals surface area contributed by atoms with Gasteiger partial charge in [0.1, 0.15) is 16.9 Å². The molecule has 0 amide bonds. The van der Waals surface area contributed by atoms with Gasteiger partial charge in [0.2, 0.25) is 5.95 Å². The van der Waals surface area contributed by atoms with Crippen molar-refractivity contribution in [1.82, 2.24) is 25.1 Å². The number of fused-ring (bicyclic) bond motifs is 3. The summed E-state index contributed by atoms with van der Waals surface area (Å²) in [4.78, 5) is 22.0. The topological polar surface area (TPSA) is 105 Å². The van der Waals surface area contributed by atoms with Crippen molar-refractivity contribution in [1.29, 1.82) is 0 Å². The lowest BCUT2D eigenvalue weighted by Crippen LogP contribution is -2.33. The zero-order valence-corrected chi connectivity index (χ0v) is 19.5. The highest BCUT2D eigenvalue weighted by molar-refractivity contribution is 6.37. The second-order valence-electron chi connectivity index (χ2n) is 8.73. The minimum Gasteiger partial charge on any atom is -0.390 e. The third-order valence-electron chi connectivity index (χ3n) is 6.57. The Morgan fingerprint density at radius 1 is 1.18 bits per heavy atom. The molecular weight excluding hydrogens is 475 g/mol. The number of aromatic nitrogens is 4. The van der Waals surface area contributed by atoms with Gasteiger partial charge in [-0.05, 0) is 48.2 Å². The predicted molar refractivity (Wildman–Crippen MR) is 131 cm³/mol. The predicted octanol–water partition coefficient (Wildman–Crippen LogP) is 3.85. The first-order valence-corrected chi connectivity index (χ1v) is 11.7. The highest BCUT2D eigenvalue weighted by atomic mass is 35.5. The second-order valence-corrected chi connectivity index (χ2v) is 9.54. The van der Waals surface area contributed by atoms with Gasteiger partial charge in [-0.3, -0.25) is 4.79 Å². The Morgan fingerprint density at radius 2 is 1.97 bits per heavy atom. The van der Waals surface area contributed by atoms with Crippen molar-refractivity contribution in [3.05, 3.63) is 79.8 Å². The van der Waals surface area contributed by atoms with Crippen LogP contribution in [0.5, 0.6) is 0 Å². The lowest BCUT2D eigenvalue weighted by molar-refractivity contribution is 0.276. The number of hydrogen-bond donors (Lipinski definition) is 3. The molecular formula is C24H20Cl2N6O2. The van der Waals surface area contributed by atoms with Crippen LogP contribution in [0.15, 0.2) is 47.4 Å². The van der Waals surface area contributed by atoms with Gasteiger partial charge in [0.25, 0.3) is 5.56 Å². The average Bonchev–Trinajstić information content (AvgIpc) is 3.60. The van der Waals surface area contributed by atoms with Crippen LogP contribution in [0.25, 0.3) is 16.6 Å². The van der Waals surface area contributed by atoms with E-state index in [0.717, 1.165) is 23.5 Å². The third-order valence-corrected chi connectivity index (χ3v) is 7.18. The molecule has 6 rings (SSSR count). The molecule has 34 heavy (non-hydrogen) atoms. The number of nitrogens with one attached hydrogen (secondary N) is 2. The quantitative estimate of drug-likeness (QED) is 0.395. The second kappa shape index (κ2) is 8.02. The number of benzene rings is 2. The molecule has 0 bridgehead atoms. The minimum atomic E-state index is -0.483. The maximum atomic E-state index is 13.2. The van der Waals surface area contributed by atoms with E-state index in [2.05, 4.69) is 37.8 Å². The standard InChI is InChI=1S/C24H20Cl2N6O2/c25-17-2-1-3-18(26)21(17)32-22(34)15-10-28-23(30-20(15)19(11-33)31-32)29-14-4-5-16-13(8-14)9-27-12-24(16)6-7-24/h1-5,8,10,27,33H,6-7,9,11-12H2,(H,28,29,30). The largest absolute Gasteiger partial charge is 0.390 e. The summed E-state index contributed by atoms with van der Waals surface area (Å²) in [5.41, 5.74) is 4.08. The number of aliphatic hydroxyl groups is 1. The van der Waals surface area contributed by atoms with E-state index in [4.69, 9.17) is 23.2 Å². The number of para-hydroxylation sites is 1. The number of rotatable bonds is 4. The summed E-state index contributed by atoms with van der Waals surface area (Å²) in [7, 11) is 0. The fourth-order valence-electron chi connectivity index (χ4n) is 4.69. The van der Waals surface area contributed by atoms with Gasteiger partial charge < -0.3 is 15.7 Å². The van der Waals surface area contributed by atoms with Crippen LogP contribution in [0.1, 0.15) is 29.7 Å². The summed E-state index contributed by atoms with van der Waals surface area (Å²) in [6.07, 6.45) is 3.87. The van der Waals surface area contributed by atoms with Crippen molar-refractivity contribution < 1.29 is 5.11 Å². The minimum absolute atomic E-state index is 0.200. The molecule has 1 aliphatic heterocycles. The molecule has 0 saturated heterocycles. The molecule has 2 aliphatic rings. The molecule has 2 aromatic carbocycles. The van der Waals surface area contributed by atoms with Crippen molar-refractivity contribution in [2.75, 3.05) is 11.9 Å². The molecule has 1 saturated carbocycles. The van der Waals surface area contributed by atoms with Crippen LogP contribution in [-0.4, -0.2) is 31.4 Å². The summed E-state index contributed by atoms with van der Waals surface area (Å²) >= 11 is 12.6. The number of nitrogens with zero attached hydrogens (tertiary/aromatic N) is 4. The fraction of sp³-hybridized carbons (Fsp3) is 0.250. The lowest BCUT2D eigenvalue weighted by Gasteiger charge is -2.26. The van der Waals surface area contributed by atoms with E-state index in [1.54, 1.807) is 18.2 Å². The Morgan fingerprint density at radius 3 is 2.71 bits per heavy atom. The molecule has 10 heteroatoms. The van der Waals surface area contributed by atoms with Gasteiger partial charge in [-0.15, -0.1) is 0 Å². The van der Waals surface area contributed by atoms with E-state index < -0.39 is 12.2 Å². The molecule has 3 heterocycles. The van der Waals surface area contributed by atoms with Crippen molar-refractivity contribution in [2.45, 2.75) is 31.4 Å². The number of anilines is 2. The summed E-state index contributed by atoms with van der Waals surface area (Å²) in [6.45, 7) is 1.43. The van der Waals surface area contributed by atoms with Crippen molar-refractivity contribution in [3.8, 4) is 5.69 Å². The molecule has 8 nitrogen and oxygen atoms in total. The van der Waals surface area contributed by atoms with E-state index in [1.165, 1.54) is 30.2 Å². The summed E-state index contributed by atoms with van der Waals surface area (Å²) in [5, 5.41) is 21.7. The van der Waals surface area contributed by atoms with Gasteiger partial charge in [0.05, 0.1) is 22.0 Å². The molecule has 2 aromatic heterocycles. The van der Waals surface area contributed by atoms with E-state index in [9.17, 15) is 9.90 Å². The molecule has 1 fully saturated rings. The number of halogens is 2. The molecule has 0 atom stereocenters. The molecule has 3 N–H and O–H groups in total. The molecule has 172 valence electrons. The Bertz CT molecular complexity index is 1500. The van der Waals surface area contributed by atoms with Crippen molar-refractivity contribution in [3.63, 3.8) is 0 Å². The van der Waals surface area contributed by atoms with E-state index >= 15 is 0 Å². The summed E-state index contributed by atoms with van der Waals surface area (Å²) in [6, 6.07) is 11.2. The van der Waals surface area contributed by atoms with E-state index in [-0.39, 0.29) is 32.3 Å². The highest BCUT2D eigenvalue weighted by Gasteiger charge is 2.46. The zero-order valence-electron chi connectivity index (χ0n) is 18.0. The van der Waals surface area contributed by atoms with Gasteiger partial charge in [-0.25, -0.2) is 9.97 Å².